The van der Waals surface area contributed by atoms with Crippen LogP contribution in [0.15, 0.2) is 24.4 Å². The number of carbonyl (C=O) groups is 1. The van der Waals surface area contributed by atoms with E-state index < -0.39 is 0 Å². The van der Waals surface area contributed by atoms with Crippen LogP contribution in [0.2, 0.25) is 5.02 Å². The van der Waals surface area contributed by atoms with Crippen LogP contribution in [0.5, 0.6) is 0 Å². The molecule has 0 unspecified atom stereocenters. The topological polar surface area (TPSA) is 79.4 Å². The highest BCUT2D eigenvalue weighted by Crippen LogP contribution is 2.31. The van der Waals surface area contributed by atoms with Crippen molar-refractivity contribution in [3.05, 3.63) is 40.5 Å². The summed E-state index contributed by atoms with van der Waals surface area (Å²) in [5.74, 6) is 0.625. The van der Waals surface area contributed by atoms with Crippen LogP contribution in [0.4, 0.5) is 5.95 Å². The van der Waals surface area contributed by atoms with Crippen LogP contribution in [0.1, 0.15) is 35.2 Å². The highest BCUT2D eigenvalue weighted by Gasteiger charge is 2.27. The molecule has 2 N–H and O–H groups in total. The summed E-state index contributed by atoms with van der Waals surface area (Å²) in [5, 5.41) is 6.96. The molecule has 0 aliphatic carbocycles. The van der Waals surface area contributed by atoms with E-state index in [1.54, 1.807) is 6.20 Å². The largest absolute Gasteiger partial charge is 0.381 e. The molecule has 7 nitrogen and oxygen atoms in total. The number of hydrogen-bond acceptors (Lipinski definition) is 6. The molecule has 1 aromatic carbocycles. The average Bonchev–Trinajstić information content (AvgIpc) is 3.05. The van der Waals surface area contributed by atoms with E-state index in [1.165, 1.54) is 0 Å². The zero-order valence-electron chi connectivity index (χ0n) is 16.6. The van der Waals surface area contributed by atoms with Gasteiger partial charge >= 0.3 is 0 Å². The number of hydrogen-bond donors (Lipinski definition) is 2. The predicted molar refractivity (Wildman–Crippen MR) is 113 cm³/mol. The predicted octanol–water partition coefficient (Wildman–Crippen LogP) is 2.95. The third-order valence-corrected chi connectivity index (χ3v) is 5.69. The van der Waals surface area contributed by atoms with Crippen molar-refractivity contribution < 1.29 is 9.53 Å². The summed E-state index contributed by atoms with van der Waals surface area (Å²) in [6, 6.07) is 6.19. The van der Waals surface area contributed by atoms with Crippen LogP contribution < -0.4 is 10.6 Å². The summed E-state index contributed by atoms with van der Waals surface area (Å²) in [4.78, 5) is 23.7. The van der Waals surface area contributed by atoms with Crippen LogP contribution in [-0.4, -0.2) is 60.2 Å². The fourth-order valence-electron chi connectivity index (χ4n) is 3.80. The second-order valence-corrected chi connectivity index (χ2v) is 7.88. The van der Waals surface area contributed by atoms with Crippen molar-refractivity contribution in [3.8, 4) is 11.3 Å². The Hall–Kier alpha value is -2.22. The number of nitrogens with one attached hydrogen (secondary N) is 2. The lowest BCUT2D eigenvalue weighted by Crippen LogP contribution is -2.28. The number of ether oxygens (including phenoxy) is 1. The minimum Gasteiger partial charge on any atom is -0.381 e. The summed E-state index contributed by atoms with van der Waals surface area (Å²) in [6.07, 6.45) is 4.41. The van der Waals surface area contributed by atoms with Gasteiger partial charge in [0.1, 0.15) is 0 Å². The van der Waals surface area contributed by atoms with Crippen LogP contribution in [0.25, 0.3) is 11.3 Å². The van der Waals surface area contributed by atoms with Crippen molar-refractivity contribution >= 4 is 23.5 Å². The number of halogens is 1. The fourth-order valence-corrected chi connectivity index (χ4v) is 4.00. The van der Waals surface area contributed by atoms with Gasteiger partial charge in [-0.15, -0.1) is 0 Å². The van der Waals surface area contributed by atoms with E-state index in [2.05, 4.69) is 20.6 Å². The van der Waals surface area contributed by atoms with Gasteiger partial charge < -0.3 is 20.3 Å². The Morgan fingerprint density at radius 2 is 2.14 bits per heavy atom. The highest BCUT2D eigenvalue weighted by atomic mass is 35.5. The van der Waals surface area contributed by atoms with Crippen molar-refractivity contribution in [2.45, 2.75) is 31.8 Å². The Bertz CT molecular complexity index is 885. The van der Waals surface area contributed by atoms with Crippen LogP contribution >= 0.6 is 11.6 Å². The van der Waals surface area contributed by atoms with Gasteiger partial charge in [0.2, 0.25) is 5.95 Å². The molecule has 2 aliphatic rings. The lowest BCUT2D eigenvalue weighted by molar-refractivity contribution is 0.0777. The van der Waals surface area contributed by atoms with E-state index in [-0.39, 0.29) is 5.91 Å². The summed E-state index contributed by atoms with van der Waals surface area (Å²) >= 11 is 6.40. The Kier molecular flexibility index (Phi) is 6.28. The normalized spacial score (nSPS) is 16.9. The quantitative estimate of drug-likeness (QED) is 0.677. The maximum atomic E-state index is 12.8. The smallest absolute Gasteiger partial charge is 0.254 e. The molecule has 0 saturated carbocycles. The van der Waals surface area contributed by atoms with E-state index >= 15 is 0 Å². The molecule has 8 heteroatoms. The lowest BCUT2D eigenvalue weighted by atomic mass is 10.0. The van der Waals surface area contributed by atoms with E-state index in [0.717, 1.165) is 62.3 Å². The van der Waals surface area contributed by atoms with Gasteiger partial charge in [-0.25, -0.2) is 9.97 Å². The number of nitrogens with zero attached hydrogens (tertiary/aromatic N) is 3. The number of aromatic nitrogens is 2. The van der Waals surface area contributed by atoms with Crippen molar-refractivity contribution in [1.29, 1.82) is 0 Å². The first-order valence-electron chi connectivity index (χ1n) is 10.1. The second kappa shape index (κ2) is 9.07. The van der Waals surface area contributed by atoms with Gasteiger partial charge in [0.15, 0.2) is 0 Å². The van der Waals surface area contributed by atoms with E-state index in [4.69, 9.17) is 16.3 Å². The molecule has 2 aromatic rings. The first kappa shape index (κ1) is 20.1. The molecule has 3 heterocycles. The van der Waals surface area contributed by atoms with Crippen LogP contribution in [0, 0.1) is 0 Å². The van der Waals surface area contributed by atoms with Gasteiger partial charge in [-0.1, -0.05) is 23.7 Å². The third kappa shape index (κ3) is 4.52. The molecular formula is C21H26ClN5O2. The molecule has 1 fully saturated rings. The van der Waals surface area contributed by atoms with Crippen molar-refractivity contribution in [2.75, 3.05) is 38.7 Å². The number of carbonyl (C=O) groups excluding carboxylic acids is 1. The first-order chi connectivity index (χ1) is 14.2. The van der Waals surface area contributed by atoms with E-state index in [9.17, 15) is 4.79 Å². The standard InChI is InChI=1S/C21H26ClN5O2/c1-23-7-2-8-27-13-15-4-3-14(11-17(15)20(27)28)19-18(22)12-24-21(26-19)25-16-5-9-29-10-6-16/h3-4,11-12,16,23H,2,5-10,13H2,1H3,(H,24,25,26). The van der Waals surface area contributed by atoms with Crippen molar-refractivity contribution in [3.63, 3.8) is 0 Å². The lowest BCUT2D eigenvalue weighted by Gasteiger charge is -2.23. The fraction of sp³-hybridized carbons (Fsp3) is 0.476. The molecule has 4 rings (SSSR count). The molecule has 0 radical (unpaired) electrons. The summed E-state index contributed by atoms with van der Waals surface area (Å²) in [5.41, 5.74) is 3.26. The van der Waals surface area contributed by atoms with Crippen molar-refractivity contribution in [2.24, 2.45) is 0 Å². The Labute approximate surface area is 175 Å². The summed E-state index contributed by atoms with van der Waals surface area (Å²) in [6.45, 7) is 3.79. The molecular weight excluding hydrogens is 390 g/mol. The maximum absolute atomic E-state index is 12.8. The first-order valence-corrected chi connectivity index (χ1v) is 10.5. The Balaban J connectivity index is 1.54. The average molecular weight is 416 g/mol. The van der Waals surface area contributed by atoms with Gasteiger partial charge in [-0.05, 0) is 44.5 Å². The maximum Gasteiger partial charge on any atom is 0.254 e. The number of amides is 1. The second-order valence-electron chi connectivity index (χ2n) is 7.48. The van der Waals surface area contributed by atoms with Crippen LogP contribution in [0.3, 0.4) is 0 Å². The molecule has 1 amide bonds. The third-order valence-electron chi connectivity index (χ3n) is 5.42. The molecule has 1 aromatic heterocycles. The Morgan fingerprint density at radius 3 is 2.93 bits per heavy atom. The molecule has 2 aliphatic heterocycles. The summed E-state index contributed by atoms with van der Waals surface area (Å²) in [7, 11) is 1.92. The number of benzene rings is 1. The van der Waals surface area contributed by atoms with Gasteiger partial charge in [-0.3, -0.25) is 4.79 Å². The molecule has 0 bridgehead atoms. The monoisotopic (exact) mass is 415 g/mol. The van der Waals surface area contributed by atoms with Gasteiger partial charge in [0.05, 0.1) is 16.9 Å². The molecule has 0 atom stereocenters. The van der Waals surface area contributed by atoms with Gasteiger partial charge in [0, 0.05) is 43.5 Å². The SMILES string of the molecule is CNCCCN1Cc2ccc(-c3nc(NC4CCOCC4)ncc3Cl)cc2C1=O. The van der Waals surface area contributed by atoms with Gasteiger partial charge in [-0.2, -0.15) is 0 Å². The minimum atomic E-state index is 0.0729. The minimum absolute atomic E-state index is 0.0729. The zero-order valence-corrected chi connectivity index (χ0v) is 17.3. The Morgan fingerprint density at radius 1 is 1.31 bits per heavy atom. The number of anilines is 1. The molecule has 1 saturated heterocycles. The van der Waals surface area contributed by atoms with Crippen LogP contribution in [-0.2, 0) is 11.3 Å². The zero-order chi connectivity index (χ0) is 20.2. The molecule has 0 spiro atoms. The molecule has 29 heavy (non-hydrogen) atoms. The van der Waals surface area contributed by atoms with Crippen molar-refractivity contribution in [1.82, 2.24) is 20.2 Å². The van der Waals surface area contributed by atoms with Gasteiger partial charge in [0.25, 0.3) is 5.91 Å². The summed E-state index contributed by atoms with van der Waals surface area (Å²) < 4.78 is 5.40. The molecule has 154 valence electrons. The highest BCUT2D eigenvalue weighted by molar-refractivity contribution is 6.33. The number of fused-ring (bicyclic) bond motifs is 1. The van der Waals surface area contributed by atoms with E-state index in [0.29, 0.717) is 29.3 Å². The van der Waals surface area contributed by atoms with E-state index in [1.807, 2.05) is 30.1 Å². The number of rotatable bonds is 7.